The van der Waals surface area contributed by atoms with Crippen molar-refractivity contribution >= 4 is 23.4 Å². The summed E-state index contributed by atoms with van der Waals surface area (Å²) >= 11 is 7.84. The van der Waals surface area contributed by atoms with Gasteiger partial charge >= 0.3 is 0 Å². The first kappa shape index (κ1) is 17.8. The van der Waals surface area contributed by atoms with Crippen LogP contribution in [0, 0.1) is 5.82 Å². The number of rotatable bonds is 9. The fourth-order valence-corrected chi connectivity index (χ4v) is 3.12. The Kier molecular flexibility index (Phi) is 8.58. The van der Waals surface area contributed by atoms with Gasteiger partial charge in [0.25, 0.3) is 0 Å². The van der Waals surface area contributed by atoms with Crippen molar-refractivity contribution in [2.75, 3.05) is 12.3 Å². The molecule has 0 radical (unpaired) electrons. The highest BCUT2D eigenvalue weighted by atomic mass is 35.5. The van der Waals surface area contributed by atoms with E-state index in [0.717, 1.165) is 30.7 Å². The zero-order chi connectivity index (χ0) is 15.0. The molecule has 1 N–H and O–H groups in total. The average molecular weight is 318 g/mol. The van der Waals surface area contributed by atoms with E-state index in [-0.39, 0.29) is 10.8 Å². The zero-order valence-corrected chi connectivity index (χ0v) is 14.2. The highest BCUT2D eigenvalue weighted by Gasteiger charge is 2.12. The number of hydrogen-bond acceptors (Lipinski definition) is 2. The lowest BCUT2D eigenvalue weighted by Gasteiger charge is -2.20. The Morgan fingerprint density at radius 2 is 2.10 bits per heavy atom. The molecule has 0 bridgehead atoms. The lowest BCUT2D eigenvalue weighted by molar-refractivity contribution is 0.548. The van der Waals surface area contributed by atoms with Crippen LogP contribution in [0.15, 0.2) is 18.2 Å². The predicted molar refractivity (Wildman–Crippen MR) is 89.4 cm³/mol. The smallest absolute Gasteiger partial charge is 0.141 e. The molecule has 1 rings (SSSR count). The van der Waals surface area contributed by atoms with E-state index >= 15 is 0 Å². The first-order valence-corrected chi connectivity index (χ1v) is 8.78. The van der Waals surface area contributed by atoms with Gasteiger partial charge in [0.2, 0.25) is 0 Å². The van der Waals surface area contributed by atoms with Gasteiger partial charge in [-0.1, -0.05) is 38.4 Å². The molecule has 0 fully saturated rings. The maximum absolute atomic E-state index is 13.2. The molecule has 0 heterocycles. The van der Waals surface area contributed by atoms with Gasteiger partial charge in [-0.25, -0.2) is 4.39 Å². The Morgan fingerprint density at radius 3 is 2.70 bits per heavy atom. The van der Waals surface area contributed by atoms with Crippen molar-refractivity contribution < 1.29 is 4.39 Å². The predicted octanol–water partition coefficient (Wildman–Crippen LogP) is 4.92. The molecule has 4 heteroatoms. The van der Waals surface area contributed by atoms with Crippen molar-refractivity contribution in [3.05, 3.63) is 34.6 Å². The molecule has 0 aliphatic heterocycles. The molecule has 0 saturated heterocycles. The van der Waals surface area contributed by atoms with Crippen LogP contribution in [0.2, 0.25) is 5.02 Å². The number of halogens is 2. The maximum Gasteiger partial charge on any atom is 0.141 e. The van der Waals surface area contributed by atoms with E-state index < -0.39 is 0 Å². The normalized spacial score (nSPS) is 14.2. The molecule has 0 aliphatic carbocycles. The highest BCUT2D eigenvalue weighted by Crippen LogP contribution is 2.20. The standard InChI is InChI=1S/C16H25ClFNS/c1-4-8-19-14(11-20-12(3)5-2)9-13-6-7-16(18)15(17)10-13/h6-7,10,12,14,19H,4-5,8-9,11H2,1-3H3. The summed E-state index contributed by atoms with van der Waals surface area (Å²) in [5.41, 5.74) is 1.09. The second kappa shape index (κ2) is 9.64. The minimum absolute atomic E-state index is 0.214. The zero-order valence-electron chi connectivity index (χ0n) is 12.6. The van der Waals surface area contributed by atoms with E-state index in [1.165, 1.54) is 12.5 Å². The van der Waals surface area contributed by atoms with Gasteiger partial charge in [0.05, 0.1) is 5.02 Å². The molecular formula is C16H25ClFNS. The van der Waals surface area contributed by atoms with Gasteiger partial charge < -0.3 is 5.32 Å². The van der Waals surface area contributed by atoms with Gasteiger partial charge in [-0.15, -0.1) is 0 Å². The van der Waals surface area contributed by atoms with Crippen molar-refractivity contribution in [3.8, 4) is 0 Å². The Balaban J connectivity index is 2.60. The quantitative estimate of drug-likeness (QED) is 0.693. The second-order valence-corrected chi connectivity index (χ2v) is 7.03. The Labute approximate surface area is 131 Å². The number of hydrogen-bond donors (Lipinski definition) is 1. The molecule has 2 atom stereocenters. The largest absolute Gasteiger partial charge is 0.313 e. The van der Waals surface area contributed by atoms with Gasteiger partial charge in [0.1, 0.15) is 5.82 Å². The summed E-state index contributed by atoms with van der Waals surface area (Å²) in [6.45, 7) is 7.66. The summed E-state index contributed by atoms with van der Waals surface area (Å²) in [4.78, 5) is 0. The summed E-state index contributed by atoms with van der Waals surface area (Å²) < 4.78 is 13.2. The van der Waals surface area contributed by atoms with Gasteiger partial charge in [-0.2, -0.15) is 11.8 Å². The summed E-state index contributed by atoms with van der Waals surface area (Å²) in [5.74, 6) is 0.728. The molecule has 1 aromatic carbocycles. The minimum atomic E-state index is -0.345. The molecule has 2 unspecified atom stereocenters. The molecule has 114 valence electrons. The molecule has 0 spiro atoms. The maximum atomic E-state index is 13.2. The monoisotopic (exact) mass is 317 g/mol. The van der Waals surface area contributed by atoms with Gasteiger partial charge in [0.15, 0.2) is 0 Å². The summed E-state index contributed by atoms with van der Waals surface area (Å²) in [6.07, 6.45) is 3.20. The molecule has 0 saturated carbocycles. The van der Waals surface area contributed by atoms with Crippen LogP contribution >= 0.6 is 23.4 Å². The van der Waals surface area contributed by atoms with Crippen LogP contribution in [-0.4, -0.2) is 23.6 Å². The Bertz CT molecular complexity index is 400. The van der Waals surface area contributed by atoms with E-state index in [9.17, 15) is 4.39 Å². The van der Waals surface area contributed by atoms with E-state index in [1.54, 1.807) is 6.07 Å². The molecule has 1 nitrogen and oxygen atoms in total. The third-order valence-electron chi connectivity index (χ3n) is 3.31. The van der Waals surface area contributed by atoms with Gasteiger partial charge in [-0.05, 0) is 43.5 Å². The van der Waals surface area contributed by atoms with Crippen molar-refractivity contribution in [3.63, 3.8) is 0 Å². The van der Waals surface area contributed by atoms with Crippen LogP contribution in [0.1, 0.15) is 39.2 Å². The van der Waals surface area contributed by atoms with E-state index in [1.807, 2.05) is 17.8 Å². The highest BCUT2D eigenvalue weighted by molar-refractivity contribution is 7.99. The number of benzene rings is 1. The first-order chi connectivity index (χ1) is 9.56. The number of thioether (sulfide) groups is 1. The topological polar surface area (TPSA) is 12.0 Å². The van der Waals surface area contributed by atoms with E-state index in [2.05, 4.69) is 26.1 Å². The van der Waals surface area contributed by atoms with Crippen LogP contribution in [0.5, 0.6) is 0 Å². The van der Waals surface area contributed by atoms with Crippen molar-refractivity contribution in [1.29, 1.82) is 0 Å². The van der Waals surface area contributed by atoms with Crippen molar-refractivity contribution in [2.24, 2.45) is 0 Å². The average Bonchev–Trinajstić information content (AvgIpc) is 2.45. The van der Waals surface area contributed by atoms with Crippen LogP contribution in [0.25, 0.3) is 0 Å². The summed E-state index contributed by atoms with van der Waals surface area (Å²) in [7, 11) is 0. The van der Waals surface area contributed by atoms with Crippen molar-refractivity contribution in [2.45, 2.75) is 51.3 Å². The van der Waals surface area contributed by atoms with Gasteiger partial charge in [-0.3, -0.25) is 0 Å². The van der Waals surface area contributed by atoms with Crippen LogP contribution in [-0.2, 0) is 6.42 Å². The third kappa shape index (κ3) is 6.47. The molecule has 1 aromatic rings. The van der Waals surface area contributed by atoms with Crippen LogP contribution < -0.4 is 5.32 Å². The molecule has 20 heavy (non-hydrogen) atoms. The number of nitrogens with one attached hydrogen (secondary N) is 1. The van der Waals surface area contributed by atoms with Crippen LogP contribution in [0.3, 0.4) is 0 Å². The Morgan fingerprint density at radius 1 is 1.35 bits per heavy atom. The fourth-order valence-electron chi connectivity index (χ4n) is 1.89. The SMILES string of the molecule is CCCNC(CSC(C)CC)Cc1ccc(F)c(Cl)c1. The van der Waals surface area contributed by atoms with E-state index in [0.29, 0.717) is 11.3 Å². The Hall–Kier alpha value is -0.250. The molecule has 0 aliphatic rings. The molecule has 0 aromatic heterocycles. The first-order valence-electron chi connectivity index (χ1n) is 7.35. The third-order valence-corrected chi connectivity index (χ3v) is 5.09. The second-order valence-electron chi connectivity index (χ2n) is 5.16. The fraction of sp³-hybridized carbons (Fsp3) is 0.625. The lowest BCUT2D eigenvalue weighted by atomic mass is 10.1. The molecular weight excluding hydrogens is 293 g/mol. The van der Waals surface area contributed by atoms with Gasteiger partial charge in [0, 0.05) is 17.0 Å². The van der Waals surface area contributed by atoms with E-state index in [4.69, 9.17) is 11.6 Å². The van der Waals surface area contributed by atoms with Crippen molar-refractivity contribution in [1.82, 2.24) is 5.32 Å². The lowest BCUT2D eigenvalue weighted by Crippen LogP contribution is -2.34. The molecule has 0 amide bonds. The minimum Gasteiger partial charge on any atom is -0.313 e. The van der Waals surface area contributed by atoms with Crippen LogP contribution in [0.4, 0.5) is 4.39 Å². The summed E-state index contributed by atoms with van der Waals surface area (Å²) in [6, 6.07) is 5.44. The summed E-state index contributed by atoms with van der Waals surface area (Å²) in [5, 5.41) is 4.47.